The molecule has 1 aromatic carbocycles. The van der Waals surface area contributed by atoms with Crippen LogP contribution >= 0.6 is 11.6 Å². The molecule has 0 saturated heterocycles. The molecular weight excluding hydrogens is 376 g/mol. The lowest BCUT2D eigenvalue weighted by atomic mass is 9.80. The molecule has 1 saturated carbocycles. The van der Waals surface area contributed by atoms with Gasteiger partial charge in [0.1, 0.15) is 5.75 Å². The number of rotatable bonds is 11. The summed E-state index contributed by atoms with van der Waals surface area (Å²) in [5.41, 5.74) is 0. The fourth-order valence-electron chi connectivity index (χ4n) is 3.72. The first-order valence-electron chi connectivity index (χ1n) is 10.6. The zero-order chi connectivity index (χ0) is 20.2. The summed E-state index contributed by atoms with van der Waals surface area (Å²) in [5, 5.41) is 13.0. The van der Waals surface area contributed by atoms with Gasteiger partial charge in [0.05, 0.1) is 0 Å². The van der Waals surface area contributed by atoms with Crippen LogP contribution in [-0.2, 0) is 0 Å². The first kappa shape index (κ1) is 23.0. The summed E-state index contributed by atoms with van der Waals surface area (Å²) in [6.07, 6.45) is 8.91. The van der Waals surface area contributed by atoms with E-state index in [-0.39, 0.29) is 6.09 Å². The Morgan fingerprint density at radius 1 is 1.14 bits per heavy atom. The van der Waals surface area contributed by atoms with Gasteiger partial charge in [-0.25, -0.2) is 4.79 Å². The van der Waals surface area contributed by atoms with Crippen molar-refractivity contribution < 1.29 is 14.6 Å². The van der Waals surface area contributed by atoms with E-state index in [4.69, 9.17) is 21.4 Å². The van der Waals surface area contributed by atoms with Crippen molar-refractivity contribution in [3.05, 3.63) is 29.3 Å². The standard InChI is InChI=1S/C22H35ClN2O3/c1-25(22(27)28-21-11-9-20(23)10-12-21)15-13-18-5-7-19(8-6-18)17-24-14-3-2-4-16-26/h9-12,18-19,24,26H,2-8,13-17H2,1H3/t18-,19-. The van der Waals surface area contributed by atoms with Gasteiger partial charge in [0.2, 0.25) is 0 Å². The average Bonchev–Trinajstić information content (AvgIpc) is 2.71. The maximum Gasteiger partial charge on any atom is 0.414 e. The topological polar surface area (TPSA) is 61.8 Å². The maximum absolute atomic E-state index is 12.2. The Morgan fingerprint density at radius 3 is 2.50 bits per heavy atom. The van der Waals surface area contributed by atoms with E-state index in [1.165, 1.54) is 25.7 Å². The minimum absolute atomic E-state index is 0.304. The molecule has 0 spiro atoms. The van der Waals surface area contributed by atoms with E-state index in [2.05, 4.69) is 5.32 Å². The van der Waals surface area contributed by atoms with Crippen LogP contribution in [0.15, 0.2) is 24.3 Å². The fraction of sp³-hybridized carbons (Fsp3) is 0.682. The molecule has 0 atom stereocenters. The fourth-order valence-corrected chi connectivity index (χ4v) is 3.84. The van der Waals surface area contributed by atoms with Crippen molar-refractivity contribution in [3.8, 4) is 5.75 Å². The van der Waals surface area contributed by atoms with Crippen molar-refractivity contribution in [1.82, 2.24) is 10.2 Å². The van der Waals surface area contributed by atoms with Gasteiger partial charge in [0, 0.05) is 25.2 Å². The summed E-state index contributed by atoms with van der Waals surface area (Å²) in [6.45, 7) is 3.20. The van der Waals surface area contributed by atoms with Crippen LogP contribution in [0.5, 0.6) is 5.75 Å². The van der Waals surface area contributed by atoms with Crippen molar-refractivity contribution in [2.24, 2.45) is 11.8 Å². The van der Waals surface area contributed by atoms with Crippen molar-refractivity contribution in [2.45, 2.75) is 51.4 Å². The van der Waals surface area contributed by atoms with Crippen molar-refractivity contribution >= 4 is 17.7 Å². The lowest BCUT2D eigenvalue weighted by molar-refractivity contribution is 0.156. The highest BCUT2D eigenvalue weighted by molar-refractivity contribution is 6.30. The van der Waals surface area contributed by atoms with Gasteiger partial charge in [-0.2, -0.15) is 0 Å². The lowest BCUT2D eigenvalue weighted by Gasteiger charge is -2.29. The molecular formula is C22H35ClN2O3. The zero-order valence-electron chi connectivity index (χ0n) is 17.0. The van der Waals surface area contributed by atoms with Gasteiger partial charge in [0.15, 0.2) is 0 Å². The molecule has 1 amide bonds. The van der Waals surface area contributed by atoms with Crippen molar-refractivity contribution in [2.75, 3.05) is 33.3 Å². The normalized spacial score (nSPS) is 19.4. The van der Waals surface area contributed by atoms with Crippen LogP contribution in [0.4, 0.5) is 4.79 Å². The van der Waals surface area contributed by atoms with Gasteiger partial charge in [-0.3, -0.25) is 0 Å². The summed E-state index contributed by atoms with van der Waals surface area (Å²) in [5.74, 6) is 2.00. The molecule has 0 bridgehead atoms. The van der Waals surface area contributed by atoms with Crippen molar-refractivity contribution in [1.29, 1.82) is 0 Å². The Hall–Kier alpha value is -1.30. The van der Waals surface area contributed by atoms with Gasteiger partial charge < -0.3 is 20.1 Å². The van der Waals surface area contributed by atoms with Crippen LogP contribution in [-0.4, -0.2) is 49.4 Å². The smallest absolute Gasteiger partial charge is 0.410 e. The highest BCUT2D eigenvalue weighted by Gasteiger charge is 2.22. The van der Waals surface area contributed by atoms with E-state index in [0.29, 0.717) is 23.3 Å². The van der Waals surface area contributed by atoms with Crippen LogP contribution in [0.1, 0.15) is 51.4 Å². The van der Waals surface area contributed by atoms with E-state index in [0.717, 1.165) is 51.2 Å². The number of halogens is 1. The summed E-state index contributed by atoms with van der Waals surface area (Å²) in [6, 6.07) is 6.84. The summed E-state index contributed by atoms with van der Waals surface area (Å²) in [7, 11) is 1.80. The first-order chi connectivity index (χ1) is 13.6. The average molecular weight is 411 g/mol. The van der Waals surface area contributed by atoms with Crippen molar-refractivity contribution in [3.63, 3.8) is 0 Å². The number of nitrogens with zero attached hydrogens (tertiary/aromatic N) is 1. The number of aliphatic hydroxyl groups is 1. The Kier molecular flexibility index (Phi) is 10.7. The molecule has 0 aliphatic heterocycles. The van der Waals surface area contributed by atoms with Gasteiger partial charge in [0.25, 0.3) is 0 Å². The Balaban J connectivity index is 1.56. The minimum Gasteiger partial charge on any atom is -0.410 e. The molecule has 6 heteroatoms. The molecule has 0 radical (unpaired) electrons. The monoisotopic (exact) mass is 410 g/mol. The lowest BCUT2D eigenvalue weighted by Crippen LogP contribution is -2.32. The molecule has 1 fully saturated rings. The Labute approximate surface area is 174 Å². The summed E-state index contributed by atoms with van der Waals surface area (Å²) >= 11 is 5.85. The molecule has 2 rings (SSSR count). The first-order valence-corrected chi connectivity index (χ1v) is 11.0. The second-order valence-electron chi connectivity index (χ2n) is 7.91. The molecule has 5 nitrogen and oxygen atoms in total. The number of nitrogens with one attached hydrogen (secondary N) is 1. The van der Waals surface area contributed by atoms with Crippen LogP contribution in [0.3, 0.4) is 0 Å². The second kappa shape index (κ2) is 13.0. The SMILES string of the molecule is CN(CC[C@H]1CC[C@H](CNCCCCCO)CC1)C(=O)Oc1ccc(Cl)cc1. The third-order valence-corrected chi connectivity index (χ3v) is 5.87. The summed E-state index contributed by atoms with van der Waals surface area (Å²) < 4.78 is 5.37. The quantitative estimate of drug-likeness (QED) is 0.518. The number of benzene rings is 1. The molecule has 158 valence electrons. The third kappa shape index (κ3) is 8.80. The number of ether oxygens (including phenoxy) is 1. The van der Waals surface area contributed by atoms with Gasteiger partial charge in [-0.1, -0.05) is 24.4 Å². The van der Waals surface area contributed by atoms with Gasteiger partial charge in [-0.05, 0) is 87.7 Å². The highest BCUT2D eigenvalue weighted by atomic mass is 35.5. The van der Waals surface area contributed by atoms with Crippen LogP contribution < -0.4 is 10.1 Å². The largest absolute Gasteiger partial charge is 0.414 e. The molecule has 1 aromatic rings. The zero-order valence-corrected chi connectivity index (χ0v) is 17.8. The third-order valence-electron chi connectivity index (χ3n) is 5.61. The van der Waals surface area contributed by atoms with E-state index in [9.17, 15) is 4.79 Å². The Morgan fingerprint density at radius 2 is 1.82 bits per heavy atom. The highest BCUT2D eigenvalue weighted by Crippen LogP contribution is 2.30. The molecule has 1 aliphatic rings. The minimum atomic E-state index is -0.318. The van der Waals surface area contributed by atoms with Crippen LogP contribution in [0.2, 0.25) is 5.02 Å². The Bertz CT molecular complexity index is 559. The van der Waals surface area contributed by atoms with E-state index in [1.54, 1.807) is 36.2 Å². The van der Waals surface area contributed by atoms with Crippen LogP contribution in [0, 0.1) is 11.8 Å². The number of carbonyl (C=O) groups excluding carboxylic acids is 1. The predicted molar refractivity (Wildman–Crippen MR) is 114 cm³/mol. The summed E-state index contributed by atoms with van der Waals surface area (Å²) in [4.78, 5) is 13.8. The number of hydrogen-bond acceptors (Lipinski definition) is 4. The molecule has 28 heavy (non-hydrogen) atoms. The number of hydrogen-bond donors (Lipinski definition) is 2. The van der Waals surface area contributed by atoms with E-state index < -0.39 is 0 Å². The molecule has 0 unspecified atom stereocenters. The maximum atomic E-state index is 12.2. The van der Waals surface area contributed by atoms with E-state index >= 15 is 0 Å². The van der Waals surface area contributed by atoms with Crippen LogP contribution in [0.25, 0.3) is 0 Å². The molecule has 0 heterocycles. The van der Waals surface area contributed by atoms with Gasteiger partial charge in [-0.15, -0.1) is 0 Å². The number of unbranched alkanes of at least 4 members (excludes halogenated alkanes) is 2. The van der Waals surface area contributed by atoms with Gasteiger partial charge >= 0.3 is 6.09 Å². The molecule has 2 N–H and O–H groups in total. The second-order valence-corrected chi connectivity index (χ2v) is 8.34. The molecule has 1 aliphatic carbocycles. The van der Waals surface area contributed by atoms with E-state index in [1.807, 2.05) is 0 Å². The predicted octanol–water partition coefficient (Wildman–Crippen LogP) is 4.72. The number of carbonyl (C=O) groups is 1. The number of amides is 1. The number of aliphatic hydroxyl groups excluding tert-OH is 1. The molecule has 0 aromatic heterocycles.